The Hall–Kier alpha value is -0.610. The monoisotopic (exact) mass is 254 g/mol. The zero-order chi connectivity index (χ0) is 13.0. The molecule has 1 amide bonds. The van der Waals surface area contributed by atoms with Crippen LogP contribution >= 0.6 is 0 Å². The van der Waals surface area contributed by atoms with Gasteiger partial charge in [-0.2, -0.15) is 0 Å². The molecule has 4 nitrogen and oxygen atoms in total. The minimum atomic E-state index is -0.178. The van der Waals surface area contributed by atoms with E-state index in [2.05, 4.69) is 17.3 Å². The van der Waals surface area contributed by atoms with E-state index in [0.717, 1.165) is 45.3 Å². The Morgan fingerprint density at radius 1 is 1.17 bits per heavy atom. The first kappa shape index (κ1) is 13.8. The van der Waals surface area contributed by atoms with E-state index in [1.54, 1.807) is 0 Å². The van der Waals surface area contributed by atoms with Crippen LogP contribution in [0, 0.1) is 11.8 Å². The largest absolute Gasteiger partial charge is 0.393 e. The zero-order valence-corrected chi connectivity index (χ0v) is 11.4. The van der Waals surface area contributed by atoms with Crippen LogP contribution in [0.15, 0.2) is 0 Å². The van der Waals surface area contributed by atoms with Gasteiger partial charge < -0.3 is 15.3 Å². The van der Waals surface area contributed by atoms with E-state index in [1.165, 1.54) is 12.8 Å². The molecule has 1 saturated heterocycles. The van der Waals surface area contributed by atoms with Gasteiger partial charge in [0, 0.05) is 12.5 Å². The molecular weight excluding hydrogens is 228 g/mol. The van der Waals surface area contributed by atoms with Gasteiger partial charge in [0.1, 0.15) is 0 Å². The van der Waals surface area contributed by atoms with Crippen LogP contribution in [-0.2, 0) is 4.79 Å². The summed E-state index contributed by atoms with van der Waals surface area (Å²) in [6, 6.07) is 0. The van der Waals surface area contributed by atoms with Crippen molar-refractivity contribution < 1.29 is 9.90 Å². The summed E-state index contributed by atoms with van der Waals surface area (Å²) < 4.78 is 0. The Kier molecular flexibility index (Phi) is 5.01. The van der Waals surface area contributed by atoms with Crippen LogP contribution in [0.5, 0.6) is 0 Å². The molecule has 2 fully saturated rings. The molecule has 0 unspecified atom stereocenters. The van der Waals surface area contributed by atoms with Crippen molar-refractivity contribution in [3.05, 3.63) is 0 Å². The Morgan fingerprint density at radius 3 is 2.39 bits per heavy atom. The summed E-state index contributed by atoms with van der Waals surface area (Å²) in [6.45, 7) is 3.14. The molecule has 104 valence electrons. The van der Waals surface area contributed by atoms with Gasteiger partial charge in [0.2, 0.25) is 5.91 Å². The third kappa shape index (κ3) is 3.95. The van der Waals surface area contributed by atoms with Crippen molar-refractivity contribution in [3.8, 4) is 0 Å². The summed E-state index contributed by atoms with van der Waals surface area (Å²) in [6.07, 6.45) is 5.47. The highest BCUT2D eigenvalue weighted by atomic mass is 16.3. The molecule has 0 bridgehead atoms. The van der Waals surface area contributed by atoms with Gasteiger partial charge in [-0.1, -0.05) is 0 Å². The first-order chi connectivity index (χ1) is 8.65. The van der Waals surface area contributed by atoms with E-state index in [0.29, 0.717) is 5.92 Å². The molecule has 1 heterocycles. The van der Waals surface area contributed by atoms with Crippen molar-refractivity contribution in [1.29, 1.82) is 0 Å². The predicted octanol–water partition coefficient (Wildman–Crippen LogP) is 0.995. The summed E-state index contributed by atoms with van der Waals surface area (Å²) >= 11 is 0. The average molecular weight is 254 g/mol. The fraction of sp³-hybridized carbons (Fsp3) is 0.929. The highest BCUT2D eigenvalue weighted by Crippen LogP contribution is 2.24. The summed E-state index contributed by atoms with van der Waals surface area (Å²) in [5.41, 5.74) is 0. The second-order valence-electron chi connectivity index (χ2n) is 6.00. The smallest absolute Gasteiger partial charge is 0.223 e. The van der Waals surface area contributed by atoms with Gasteiger partial charge in [0.05, 0.1) is 6.10 Å². The molecule has 4 heteroatoms. The predicted molar refractivity (Wildman–Crippen MR) is 71.2 cm³/mol. The van der Waals surface area contributed by atoms with Crippen molar-refractivity contribution in [3.63, 3.8) is 0 Å². The lowest BCUT2D eigenvalue weighted by Crippen LogP contribution is -2.40. The van der Waals surface area contributed by atoms with Crippen molar-refractivity contribution in [2.45, 2.75) is 44.6 Å². The van der Waals surface area contributed by atoms with Gasteiger partial charge in [0.25, 0.3) is 0 Å². The Labute approximate surface area is 110 Å². The standard InChI is InChI=1S/C14H26N2O2/c1-16-8-6-11(7-9-16)10-15-14(18)12-2-4-13(17)5-3-12/h11-13,17H,2-10H2,1H3,(H,15,18). The molecule has 0 aromatic rings. The minimum absolute atomic E-state index is 0.139. The van der Waals surface area contributed by atoms with E-state index in [1.807, 2.05) is 0 Å². The van der Waals surface area contributed by atoms with E-state index < -0.39 is 0 Å². The molecule has 0 spiro atoms. The molecule has 2 N–H and O–H groups in total. The van der Waals surface area contributed by atoms with Gasteiger partial charge in [-0.3, -0.25) is 4.79 Å². The minimum Gasteiger partial charge on any atom is -0.393 e. The van der Waals surface area contributed by atoms with Crippen LogP contribution in [-0.4, -0.2) is 48.7 Å². The summed E-state index contributed by atoms with van der Waals surface area (Å²) in [7, 11) is 2.15. The lowest BCUT2D eigenvalue weighted by atomic mass is 9.86. The molecule has 1 aliphatic carbocycles. The normalized spacial score (nSPS) is 31.2. The lowest BCUT2D eigenvalue weighted by molar-refractivity contribution is -0.126. The van der Waals surface area contributed by atoms with E-state index in [-0.39, 0.29) is 17.9 Å². The number of aliphatic hydroxyl groups excluding tert-OH is 1. The number of nitrogens with zero attached hydrogens (tertiary/aromatic N) is 1. The molecule has 1 aliphatic heterocycles. The second-order valence-corrected chi connectivity index (χ2v) is 6.00. The van der Waals surface area contributed by atoms with Crippen LogP contribution in [0.1, 0.15) is 38.5 Å². The Balaban J connectivity index is 1.65. The Morgan fingerprint density at radius 2 is 1.78 bits per heavy atom. The fourth-order valence-corrected chi connectivity index (χ4v) is 2.99. The van der Waals surface area contributed by atoms with E-state index >= 15 is 0 Å². The third-order valence-corrected chi connectivity index (χ3v) is 4.47. The Bertz CT molecular complexity index is 267. The molecule has 18 heavy (non-hydrogen) atoms. The molecule has 0 aromatic heterocycles. The van der Waals surface area contributed by atoms with Crippen LogP contribution in [0.3, 0.4) is 0 Å². The quantitative estimate of drug-likeness (QED) is 0.790. The topological polar surface area (TPSA) is 52.6 Å². The number of hydrogen-bond donors (Lipinski definition) is 2. The number of piperidine rings is 1. The van der Waals surface area contributed by atoms with Crippen molar-refractivity contribution >= 4 is 5.91 Å². The van der Waals surface area contributed by atoms with Gasteiger partial charge >= 0.3 is 0 Å². The molecule has 0 radical (unpaired) electrons. The summed E-state index contributed by atoms with van der Waals surface area (Å²) in [5, 5.41) is 12.5. The van der Waals surface area contributed by atoms with Gasteiger partial charge in [0.15, 0.2) is 0 Å². The molecule has 1 saturated carbocycles. The summed E-state index contributed by atoms with van der Waals surface area (Å²) in [4.78, 5) is 14.4. The number of carbonyl (C=O) groups excluding carboxylic acids is 1. The zero-order valence-electron chi connectivity index (χ0n) is 11.4. The molecule has 0 aromatic carbocycles. The van der Waals surface area contributed by atoms with Crippen LogP contribution in [0.25, 0.3) is 0 Å². The number of rotatable bonds is 3. The van der Waals surface area contributed by atoms with E-state index in [9.17, 15) is 9.90 Å². The maximum absolute atomic E-state index is 12.0. The van der Waals surface area contributed by atoms with E-state index in [4.69, 9.17) is 0 Å². The fourth-order valence-electron chi connectivity index (χ4n) is 2.99. The number of nitrogens with one attached hydrogen (secondary N) is 1. The van der Waals surface area contributed by atoms with Crippen molar-refractivity contribution in [2.75, 3.05) is 26.7 Å². The number of amides is 1. The number of aliphatic hydroxyl groups is 1. The van der Waals surface area contributed by atoms with Crippen molar-refractivity contribution in [2.24, 2.45) is 11.8 Å². The highest BCUT2D eigenvalue weighted by Gasteiger charge is 2.25. The van der Waals surface area contributed by atoms with Gasteiger partial charge in [-0.25, -0.2) is 0 Å². The maximum Gasteiger partial charge on any atom is 0.223 e. The second kappa shape index (κ2) is 6.53. The maximum atomic E-state index is 12.0. The first-order valence-electron chi connectivity index (χ1n) is 7.29. The number of hydrogen-bond acceptors (Lipinski definition) is 3. The third-order valence-electron chi connectivity index (χ3n) is 4.47. The number of likely N-dealkylation sites (tertiary alicyclic amines) is 1. The average Bonchev–Trinajstić information content (AvgIpc) is 2.38. The van der Waals surface area contributed by atoms with Crippen molar-refractivity contribution in [1.82, 2.24) is 10.2 Å². The molecule has 0 atom stereocenters. The van der Waals surface area contributed by atoms with Crippen LogP contribution < -0.4 is 5.32 Å². The van der Waals surface area contributed by atoms with Gasteiger partial charge in [-0.05, 0) is 64.6 Å². The summed E-state index contributed by atoms with van der Waals surface area (Å²) in [5.74, 6) is 1.000. The lowest BCUT2D eigenvalue weighted by Gasteiger charge is -2.30. The number of carbonyl (C=O) groups is 1. The molecule has 2 rings (SSSR count). The SMILES string of the molecule is CN1CCC(CNC(=O)C2CCC(O)CC2)CC1. The van der Waals surface area contributed by atoms with Crippen LogP contribution in [0.4, 0.5) is 0 Å². The van der Waals surface area contributed by atoms with Crippen LogP contribution in [0.2, 0.25) is 0 Å². The first-order valence-corrected chi connectivity index (χ1v) is 7.29. The van der Waals surface area contributed by atoms with Gasteiger partial charge in [-0.15, -0.1) is 0 Å². The highest BCUT2D eigenvalue weighted by molar-refractivity contribution is 5.78. The molecular formula is C14H26N2O2. The molecule has 2 aliphatic rings.